The van der Waals surface area contributed by atoms with E-state index in [1.54, 1.807) is 4.90 Å². The molecule has 0 N–H and O–H groups in total. The zero-order valence-corrected chi connectivity index (χ0v) is 14.5. The van der Waals surface area contributed by atoms with Crippen molar-refractivity contribution in [1.29, 1.82) is 0 Å². The summed E-state index contributed by atoms with van der Waals surface area (Å²) in [6.07, 6.45) is 0. The number of hydrogen-bond acceptors (Lipinski definition) is 2. The van der Waals surface area contributed by atoms with E-state index >= 15 is 0 Å². The molecule has 0 unspecified atom stereocenters. The molecule has 0 spiro atoms. The first-order valence-corrected chi connectivity index (χ1v) is 8.27. The maximum Gasteiger partial charge on any atom is 0.269 e. The van der Waals surface area contributed by atoms with Crippen molar-refractivity contribution in [2.75, 3.05) is 11.5 Å². The minimum Gasteiger partial charge on any atom is -0.484 e. The fraction of sp³-hybridized carbons (Fsp3) is 0.136. The molecular weight excluding hydrogens is 310 g/mol. The standard InChI is InChI=1S/C22H21NO2/c1-17-8-12-20(13-9-17)23(19-6-4-3-5-7-19)22(24)16-25-21-14-10-18(2)11-15-21/h3-15H,16H2,1-2H3. The molecule has 3 nitrogen and oxygen atoms in total. The van der Waals surface area contributed by atoms with Crippen LogP contribution in [-0.4, -0.2) is 12.5 Å². The average Bonchev–Trinajstić information content (AvgIpc) is 2.64. The van der Waals surface area contributed by atoms with E-state index in [9.17, 15) is 4.79 Å². The Morgan fingerprint density at radius 1 is 0.760 bits per heavy atom. The molecule has 3 rings (SSSR count). The van der Waals surface area contributed by atoms with Gasteiger partial charge < -0.3 is 4.74 Å². The van der Waals surface area contributed by atoms with Crippen molar-refractivity contribution in [2.45, 2.75) is 13.8 Å². The minimum atomic E-state index is -0.115. The van der Waals surface area contributed by atoms with E-state index < -0.39 is 0 Å². The van der Waals surface area contributed by atoms with E-state index in [-0.39, 0.29) is 12.5 Å². The maximum absolute atomic E-state index is 12.9. The van der Waals surface area contributed by atoms with Gasteiger partial charge in [-0.1, -0.05) is 53.6 Å². The summed E-state index contributed by atoms with van der Waals surface area (Å²) in [6.45, 7) is 4.02. The van der Waals surface area contributed by atoms with Crippen LogP contribution in [0, 0.1) is 13.8 Å². The van der Waals surface area contributed by atoms with Crippen LogP contribution in [0.5, 0.6) is 5.75 Å². The van der Waals surface area contributed by atoms with E-state index in [1.165, 1.54) is 0 Å². The van der Waals surface area contributed by atoms with E-state index in [4.69, 9.17) is 4.74 Å². The number of anilines is 2. The summed E-state index contributed by atoms with van der Waals surface area (Å²) in [5.74, 6) is 0.575. The van der Waals surface area contributed by atoms with Gasteiger partial charge in [0, 0.05) is 11.4 Å². The molecular formula is C22H21NO2. The summed E-state index contributed by atoms with van der Waals surface area (Å²) in [4.78, 5) is 14.6. The number of ether oxygens (including phenoxy) is 1. The van der Waals surface area contributed by atoms with E-state index in [1.807, 2.05) is 92.7 Å². The van der Waals surface area contributed by atoms with Gasteiger partial charge in [0.15, 0.2) is 6.61 Å². The Morgan fingerprint density at radius 2 is 1.28 bits per heavy atom. The predicted octanol–water partition coefficient (Wildman–Crippen LogP) is 5.05. The Kier molecular flexibility index (Phi) is 5.14. The Labute approximate surface area is 148 Å². The summed E-state index contributed by atoms with van der Waals surface area (Å²) >= 11 is 0. The summed E-state index contributed by atoms with van der Waals surface area (Å²) in [7, 11) is 0. The summed E-state index contributed by atoms with van der Waals surface area (Å²) in [6, 6.07) is 25.2. The van der Waals surface area contributed by atoms with E-state index in [0.29, 0.717) is 5.75 Å². The topological polar surface area (TPSA) is 29.5 Å². The van der Waals surface area contributed by atoms with Crippen LogP contribution >= 0.6 is 0 Å². The molecule has 1 amide bonds. The van der Waals surface area contributed by atoms with Crippen LogP contribution in [0.1, 0.15) is 11.1 Å². The van der Waals surface area contributed by atoms with Crippen molar-refractivity contribution in [3.63, 3.8) is 0 Å². The lowest BCUT2D eigenvalue weighted by molar-refractivity contribution is -0.119. The van der Waals surface area contributed by atoms with Crippen molar-refractivity contribution in [2.24, 2.45) is 0 Å². The van der Waals surface area contributed by atoms with E-state index in [2.05, 4.69) is 0 Å². The van der Waals surface area contributed by atoms with Crippen molar-refractivity contribution in [3.05, 3.63) is 90.0 Å². The first-order chi connectivity index (χ1) is 12.1. The van der Waals surface area contributed by atoms with Crippen LogP contribution in [0.4, 0.5) is 11.4 Å². The lowest BCUT2D eigenvalue weighted by Crippen LogP contribution is -2.30. The van der Waals surface area contributed by atoms with Crippen molar-refractivity contribution < 1.29 is 9.53 Å². The molecule has 3 aromatic rings. The second kappa shape index (κ2) is 7.67. The zero-order valence-electron chi connectivity index (χ0n) is 14.5. The fourth-order valence-electron chi connectivity index (χ4n) is 2.55. The van der Waals surface area contributed by atoms with E-state index in [0.717, 1.165) is 22.5 Å². The first kappa shape index (κ1) is 16.8. The van der Waals surface area contributed by atoms with Gasteiger partial charge in [0.2, 0.25) is 0 Å². The van der Waals surface area contributed by atoms with Gasteiger partial charge in [-0.2, -0.15) is 0 Å². The number of amides is 1. The third-order valence-corrected chi connectivity index (χ3v) is 3.94. The highest BCUT2D eigenvalue weighted by Crippen LogP contribution is 2.26. The maximum atomic E-state index is 12.9. The Hall–Kier alpha value is -3.07. The lowest BCUT2D eigenvalue weighted by Gasteiger charge is -2.23. The summed E-state index contributed by atoms with van der Waals surface area (Å²) < 4.78 is 5.68. The lowest BCUT2D eigenvalue weighted by atomic mass is 10.2. The SMILES string of the molecule is Cc1ccc(OCC(=O)N(c2ccccc2)c2ccc(C)cc2)cc1. The van der Waals surface area contributed by atoms with Crippen LogP contribution in [0.15, 0.2) is 78.9 Å². The highest BCUT2D eigenvalue weighted by molar-refractivity contribution is 6.01. The molecule has 0 atom stereocenters. The van der Waals surface area contributed by atoms with Gasteiger partial charge in [-0.25, -0.2) is 0 Å². The van der Waals surface area contributed by atoms with Gasteiger partial charge in [-0.15, -0.1) is 0 Å². The number of rotatable bonds is 5. The number of aryl methyl sites for hydroxylation is 2. The third kappa shape index (κ3) is 4.27. The Morgan fingerprint density at radius 3 is 1.88 bits per heavy atom. The van der Waals surface area contributed by atoms with Gasteiger partial charge in [-0.05, 0) is 50.2 Å². The van der Waals surface area contributed by atoms with Gasteiger partial charge in [0.05, 0.1) is 0 Å². The molecule has 0 saturated carbocycles. The molecule has 0 fully saturated rings. The molecule has 25 heavy (non-hydrogen) atoms. The molecule has 0 radical (unpaired) electrons. The van der Waals surface area contributed by atoms with Crippen LogP contribution in [0.25, 0.3) is 0 Å². The van der Waals surface area contributed by atoms with Crippen LogP contribution in [0.3, 0.4) is 0 Å². The van der Waals surface area contributed by atoms with Crippen molar-refractivity contribution in [3.8, 4) is 5.75 Å². The molecule has 126 valence electrons. The molecule has 0 aliphatic rings. The number of carbonyl (C=O) groups is 1. The highest BCUT2D eigenvalue weighted by Gasteiger charge is 2.18. The molecule has 0 aliphatic carbocycles. The molecule has 0 saturated heterocycles. The molecule has 0 aromatic heterocycles. The Bertz CT molecular complexity index is 824. The normalized spacial score (nSPS) is 10.3. The monoisotopic (exact) mass is 331 g/mol. The number of benzene rings is 3. The zero-order chi connectivity index (χ0) is 17.6. The number of carbonyl (C=O) groups excluding carboxylic acids is 1. The van der Waals surface area contributed by atoms with Gasteiger partial charge >= 0.3 is 0 Å². The minimum absolute atomic E-state index is 0.0220. The summed E-state index contributed by atoms with van der Waals surface area (Å²) in [5, 5.41) is 0. The number of nitrogens with zero attached hydrogens (tertiary/aromatic N) is 1. The predicted molar refractivity (Wildman–Crippen MR) is 101 cm³/mol. The molecule has 0 bridgehead atoms. The van der Waals surface area contributed by atoms with Crippen molar-refractivity contribution in [1.82, 2.24) is 0 Å². The molecule has 3 aromatic carbocycles. The number of hydrogen-bond donors (Lipinski definition) is 0. The Balaban J connectivity index is 1.82. The average molecular weight is 331 g/mol. The van der Waals surface area contributed by atoms with Crippen molar-refractivity contribution >= 4 is 17.3 Å². The fourth-order valence-corrected chi connectivity index (χ4v) is 2.55. The van der Waals surface area contributed by atoms with Crippen LogP contribution in [-0.2, 0) is 4.79 Å². The second-order valence-corrected chi connectivity index (χ2v) is 6.00. The van der Waals surface area contributed by atoms with Gasteiger partial charge in [-0.3, -0.25) is 9.69 Å². The number of para-hydroxylation sites is 1. The summed E-state index contributed by atoms with van der Waals surface area (Å²) in [5.41, 5.74) is 3.96. The first-order valence-electron chi connectivity index (χ1n) is 8.27. The highest BCUT2D eigenvalue weighted by atomic mass is 16.5. The second-order valence-electron chi connectivity index (χ2n) is 6.00. The molecule has 0 aliphatic heterocycles. The van der Waals surface area contributed by atoms with Gasteiger partial charge in [0.1, 0.15) is 5.75 Å². The largest absolute Gasteiger partial charge is 0.484 e. The van der Waals surface area contributed by atoms with Gasteiger partial charge in [0.25, 0.3) is 5.91 Å². The van der Waals surface area contributed by atoms with Crippen LogP contribution < -0.4 is 9.64 Å². The quantitative estimate of drug-likeness (QED) is 0.655. The molecule has 0 heterocycles. The molecule has 3 heteroatoms. The van der Waals surface area contributed by atoms with Crippen LogP contribution in [0.2, 0.25) is 0 Å². The smallest absolute Gasteiger partial charge is 0.269 e. The third-order valence-electron chi connectivity index (χ3n) is 3.94.